The minimum absolute atomic E-state index is 0.0367. The summed E-state index contributed by atoms with van der Waals surface area (Å²) in [4.78, 5) is 27.7. The number of aliphatic carboxylic acids is 1. The van der Waals surface area contributed by atoms with Gasteiger partial charge in [-0.3, -0.25) is 9.59 Å². The molecular weight excluding hydrogens is 316 g/mol. The number of carbonyl (C=O) groups is 2. The van der Waals surface area contributed by atoms with Crippen molar-refractivity contribution in [1.29, 1.82) is 0 Å². The lowest BCUT2D eigenvalue weighted by Gasteiger charge is -2.36. The molecule has 2 aromatic rings. The highest BCUT2D eigenvalue weighted by Crippen LogP contribution is 2.30. The van der Waals surface area contributed by atoms with Gasteiger partial charge >= 0.3 is 5.97 Å². The van der Waals surface area contributed by atoms with E-state index in [0.717, 1.165) is 24.2 Å². The molecule has 1 aliphatic heterocycles. The summed E-state index contributed by atoms with van der Waals surface area (Å²) in [5.41, 5.74) is 2.84. The average Bonchev–Trinajstić information content (AvgIpc) is 2.61. The Kier molecular flexibility index (Phi) is 5.03. The van der Waals surface area contributed by atoms with Crippen molar-refractivity contribution in [2.75, 3.05) is 22.9 Å². The van der Waals surface area contributed by atoms with Crippen molar-refractivity contribution >= 4 is 23.3 Å². The molecule has 5 nitrogen and oxygen atoms in total. The largest absolute Gasteiger partial charge is 0.480 e. The summed E-state index contributed by atoms with van der Waals surface area (Å²) in [7, 11) is 0. The minimum Gasteiger partial charge on any atom is -0.480 e. The van der Waals surface area contributed by atoms with Crippen LogP contribution in [0.25, 0.3) is 0 Å². The molecule has 0 spiro atoms. The quantitative estimate of drug-likeness (QED) is 0.910. The lowest BCUT2D eigenvalue weighted by Crippen LogP contribution is -2.48. The molecule has 1 amide bonds. The summed E-state index contributed by atoms with van der Waals surface area (Å²) < 4.78 is 0. The average molecular weight is 338 g/mol. The number of carbonyl (C=O) groups excluding carboxylic acids is 1. The lowest BCUT2D eigenvalue weighted by atomic mass is 9.96. The van der Waals surface area contributed by atoms with Gasteiger partial charge in [0.2, 0.25) is 5.91 Å². The predicted molar refractivity (Wildman–Crippen MR) is 98.0 cm³/mol. The highest BCUT2D eigenvalue weighted by Gasteiger charge is 2.29. The number of hydrogen-bond acceptors (Lipinski definition) is 3. The van der Waals surface area contributed by atoms with Crippen LogP contribution in [0.2, 0.25) is 0 Å². The third kappa shape index (κ3) is 3.82. The number of para-hydroxylation sites is 2. The van der Waals surface area contributed by atoms with Crippen molar-refractivity contribution in [3.8, 4) is 0 Å². The summed E-state index contributed by atoms with van der Waals surface area (Å²) in [6, 6.07) is 17.2. The second-order valence-electron chi connectivity index (χ2n) is 6.37. The number of rotatable bonds is 5. The fourth-order valence-corrected chi connectivity index (χ4v) is 3.35. The Labute approximate surface area is 147 Å². The van der Waals surface area contributed by atoms with Gasteiger partial charge in [-0.25, -0.2) is 0 Å². The summed E-state index contributed by atoms with van der Waals surface area (Å²) in [6.07, 6.45) is 1.87. The highest BCUT2D eigenvalue weighted by molar-refractivity contribution is 5.98. The van der Waals surface area contributed by atoms with Crippen molar-refractivity contribution in [2.45, 2.75) is 25.8 Å². The van der Waals surface area contributed by atoms with E-state index in [2.05, 4.69) is 0 Å². The number of carboxylic acids is 1. The van der Waals surface area contributed by atoms with Gasteiger partial charge in [-0.1, -0.05) is 36.4 Å². The zero-order chi connectivity index (χ0) is 17.8. The molecule has 1 aliphatic rings. The van der Waals surface area contributed by atoms with Crippen LogP contribution in [0.15, 0.2) is 54.6 Å². The number of carboxylic acid groups (broad SMARTS) is 1. The zero-order valence-electron chi connectivity index (χ0n) is 14.3. The van der Waals surface area contributed by atoms with Gasteiger partial charge in [0.05, 0.1) is 6.54 Å². The van der Waals surface area contributed by atoms with E-state index in [1.807, 2.05) is 66.4 Å². The van der Waals surface area contributed by atoms with E-state index in [1.165, 1.54) is 5.56 Å². The van der Waals surface area contributed by atoms with Crippen LogP contribution >= 0.6 is 0 Å². The first kappa shape index (κ1) is 17.0. The number of nitrogens with zero attached hydrogens (tertiary/aromatic N) is 2. The Balaban J connectivity index is 1.85. The van der Waals surface area contributed by atoms with Crippen LogP contribution in [0.5, 0.6) is 0 Å². The summed E-state index contributed by atoms with van der Waals surface area (Å²) in [5.74, 6) is -1.03. The summed E-state index contributed by atoms with van der Waals surface area (Å²) >= 11 is 0. The second-order valence-corrected chi connectivity index (χ2v) is 6.37. The molecule has 1 heterocycles. The van der Waals surface area contributed by atoms with E-state index in [0.29, 0.717) is 0 Å². The van der Waals surface area contributed by atoms with E-state index in [9.17, 15) is 14.7 Å². The topological polar surface area (TPSA) is 60.9 Å². The van der Waals surface area contributed by atoms with Gasteiger partial charge < -0.3 is 14.9 Å². The van der Waals surface area contributed by atoms with Crippen LogP contribution in [0.3, 0.4) is 0 Å². The number of fused-ring (bicyclic) bond motifs is 1. The Hall–Kier alpha value is -2.82. The van der Waals surface area contributed by atoms with Crippen LogP contribution < -0.4 is 9.80 Å². The van der Waals surface area contributed by atoms with Crippen molar-refractivity contribution in [3.05, 3.63) is 60.2 Å². The Morgan fingerprint density at radius 1 is 1.08 bits per heavy atom. The molecular formula is C20H22N2O3. The minimum atomic E-state index is -0.955. The predicted octanol–water partition coefficient (Wildman–Crippen LogP) is 2.95. The van der Waals surface area contributed by atoms with Crippen molar-refractivity contribution < 1.29 is 14.7 Å². The van der Waals surface area contributed by atoms with Gasteiger partial charge in [-0.2, -0.15) is 0 Å². The van der Waals surface area contributed by atoms with Gasteiger partial charge in [0.25, 0.3) is 0 Å². The van der Waals surface area contributed by atoms with Crippen LogP contribution in [0.1, 0.15) is 18.9 Å². The zero-order valence-corrected chi connectivity index (χ0v) is 14.3. The Morgan fingerprint density at radius 3 is 2.48 bits per heavy atom. The summed E-state index contributed by atoms with van der Waals surface area (Å²) in [5, 5.41) is 9.21. The molecule has 25 heavy (non-hydrogen) atoms. The molecule has 0 aromatic heterocycles. The fourth-order valence-electron chi connectivity index (χ4n) is 3.35. The standard InChI is InChI=1S/C20H22N2O3/c1-15-11-12-16-7-5-6-10-18(16)22(15)19(23)13-21(14-20(24)25)17-8-3-2-4-9-17/h2-10,15H,11-14H2,1H3,(H,24,25). The highest BCUT2D eigenvalue weighted by atomic mass is 16.4. The van der Waals surface area contributed by atoms with E-state index in [-0.39, 0.29) is 25.0 Å². The molecule has 1 unspecified atom stereocenters. The molecule has 0 aliphatic carbocycles. The first-order chi connectivity index (χ1) is 12.1. The van der Waals surface area contributed by atoms with Gasteiger partial charge in [0.15, 0.2) is 0 Å². The van der Waals surface area contributed by atoms with Gasteiger partial charge in [-0.05, 0) is 43.5 Å². The third-order valence-corrected chi connectivity index (χ3v) is 4.57. The molecule has 0 saturated heterocycles. The number of benzene rings is 2. The van der Waals surface area contributed by atoms with Gasteiger partial charge in [0, 0.05) is 17.4 Å². The molecule has 1 N–H and O–H groups in total. The summed E-state index contributed by atoms with van der Waals surface area (Å²) in [6.45, 7) is 1.87. The molecule has 3 rings (SSSR count). The van der Waals surface area contributed by atoms with Crippen LogP contribution in [0.4, 0.5) is 11.4 Å². The first-order valence-corrected chi connectivity index (χ1v) is 8.48. The van der Waals surface area contributed by atoms with E-state index < -0.39 is 5.97 Å². The molecule has 2 aromatic carbocycles. The van der Waals surface area contributed by atoms with Crippen LogP contribution in [-0.4, -0.2) is 36.1 Å². The molecule has 0 fully saturated rings. The van der Waals surface area contributed by atoms with Gasteiger partial charge in [0.1, 0.15) is 6.54 Å². The SMILES string of the molecule is CC1CCc2ccccc2N1C(=O)CN(CC(=O)O)c1ccccc1. The van der Waals surface area contributed by atoms with Gasteiger partial charge in [-0.15, -0.1) is 0 Å². The molecule has 0 saturated carbocycles. The molecule has 0 bridgehead atoms. The van der Waals surface area contributed by atoms with Crippen LogP contribution in [-0.2, 0) is 16.0 Å². The molecule has 130 valence electrons. The maximum Gasteiger partial charge on any atom is 0.323 e. The maximum absolute atomic E-state index is 13.0. The maximum atomic E-state index is 13.0. The van der Waals surface area contributed by atoms with Crippen molar-refractivity contribution in [1.82, 2.24) is 0 Å². The number of hydrogen-bond donors (Lipinski definition) is 1. The van der Waals surface area contributed by atoms with E-state index in [4.69, 9.17) is 0 Å². The normalized spacial score (nSPS) is 16.2. The monoisotopic (exact) mass is 338 g/mol. The molecule has 5 heteroatoms. The molecule has 0 radical (unpaired) electrons. The Bertz CT molecular complexity index is 761. The van der Waals surface area contributed by atoms with Crippen molar-refractivity contribution in [3.63, 3.8) is 0 Å². The number of aryl methyl sites for hydroxylation is 1. The lowest BCUT2D eigenvalue weighted by molar-refractivity contribution is -0.135. The smallest absolute Gasteiger partial charge is 0.323 e. The number of amides is 1. The van der Waals surface area contributed by atoms with Crippen LogP contribution in [0, 0.1) is 0 Å². The second kappa shape index (κ2) is 7.38. The third-order valence-electron chi connectivity index (χ3n) is 4.57. The van der Waals surface area contributed by atoms with E-state index in [1.54, 1.807) is 4.90 Å². The van der Waals surface area contributed by atoms with E-state index >= 15 is 0 Å². The number of anilines is 2. The molecule has 1 atom stereocenters. The van der Waals surface area contributed by atoms with Crippen molar-refractivity contribution in [2.24, 2.45) is 0 Å². The first-order valence-electron chi connectivity index (χ1n) is 8.48. The Morgan fingerprint density at radius 2 is 1.76 bits per heavy atom. The fraction of sp³-hybridized carbons (Fsp3) is 0.300.